The first kappa shape index (κ1) is 17.1. The third kappa shape index (κ3) is 65.2. The maximum Gasteiger partial charge on any atom is 1.00 e. The summed E-state index contributed by atoms with van der Waals surface area (Å²) in [6.07, 6.45) is 0.597. The van der Waals surface area contributed by atoms with E-state index in [2.05, 4.69) is 0 Å². The number of nitrogens with two attached hydrogens (primary N) is 1. The first-order valence-electron chi connectivity index (χ1n) is 2.14. The van der Waals surface area contributed by atoms with Gasteiger partial charge in [0.2, 0.25) is 0 Å². The summed E-state index contributed by atoms with van der Waals surface area (Å²) in [6.45, 7) is 1.59. The van der Waals surface area contributed by atoms with Crippen molar-refractivity contribution < 1.29 is 49.0 Å². The minimum Gasteiger partial charge on any atom is -0.483 e. The van der Waals surface area contributed by atoms with Crippen LogP contribution in [-0.4, -0.2) is 21.5 Å². The molecule has 7 heteroatoms. The van der Waals surface area contributed by atoms with Crippen molar-refractivity contribution in [2.75, 3.05) is 6.61 Å². The first-order valence-corrected chi connectivity index (χ1v) is 3.31. The normalized spacial score (nSPS) is 6.80. The van der Waals surface area contributed by atoms with Gasteiger partial charge < -0.3 is 10.8 Å². The van der Waals surface area contributed by atoms with Gasteiger partial charge in [0.05, 0.1) is 0 Å². The number of rotatable bonds is 2. The fraction of sp³-hybridized carbons (Fsp3) is 0.667. The van der Waals surface area contributed by atoms with Crippen LogP contribution in [0.25, 0.3) is 0 Å². The van der Waals surface area contributed by atoms with Crippen LogP contribution in [0.3, 0.4) is 0 Å². The molecule has 0 saturated heterocycles. The Morgan fingerprint density at radius 1 is 1.50 bits per heavy atom. The Labute approximate surface area is 82.5 Å². The molecule has 0 saturated carbocycles. The molecule has 0 heterocycles. The van der Waals surface area contributed by atoms with Gasteiger partial charge in [-0.1, -0.05) is 0 Å². The van der Waals surface area contributed by atoms with E-state index in [1.807, 2.05) is 0 Å². The van der Waals surface area contributed by atoms with Gasteiger partial charge in [0, 0.05) is 11.2 Å². The Morgan fingerprint density at radius 3 is 1.80 bits per heavy atom. The summed E-state index contributed by atoms with van der Waals surface area (Å²) in [7, 11) is -2.87. The van der Waals surface area contributed by atoms with Gasteiger partial charge in [0.15, 0.2) is 0 Å². The van der Waals surface area contributed by atoms with Gasteiger partial charge in [-0.05, 0) is 0 Å². The molecule has 0 amide bonds. The van der Waals surface area contributed by atoms with Crippen molar-refractivity contribution in [3.63, 3.8) is 0 Å². The van der Waals surface area contributed by atoms with Crippen molar-refractivity contribution in [3.05, 3.63) is 6.54 Å². The second-order valence-corrected chi connectivity index (χ2v) is 1.51. The minimum atomic E-state index is -2.87. The Hall–Kier alpha value is 0.940. The van der Waals surface area contributed by atoms with Crippen LogP contribution in [0.1, 0.15) is 6.42 Å². The van der Waals surface area contributed by atoms with E-state index >= 15 is 0 Å². The van der Waals surface area contributed by atoms with Crippen molar-refractivity contribution >= 4 is 8.25 Å². The molecule has 0 aliphatic rings. The molecule has 0 radical (unpaired) electrons. The number of aliphatic hydroxyl groups is 1. The van der Waals surface area contributed by atoms with Crippen molar-refractivity contribution in [2.24, 2.45) is 5.73 Å². The summed E-state index contributed by atoms with van der Waals surface area (Å²) in [6, 6.07) is 0. The molecule has 0 aliphatic carbocycles. The zero-order valence-corrected chi connectivity index (χ0v) is 8.66. The van der Waals surface area contributed by atoms with Gasteiger partial charge in [-0.25, -0.2) is 0 Å². The average Bonchev–Trinajstić information content (AvgIpc) is 1.66. The van der Waals surface area contributed by atoms with Gasteiger partial charge in [-0.15, -0.1) is 16.2 Å². The minimum absolute atomic E-state index is 0. The van der Waals surface area contributed by atoms with Crippen LogP contribution in [0.2, 0.25) is 0 Å². The van der Waals surface area contributed by atoms with Gasteiger partial charge in [0.1, 0.15) is 0 Å². The van der Waals surface area contributed by atoms with Crippen LogP contribution >= 0.6 is 8.25 Å². The van der Waals surface area contributed by atoms with E-state index < -0.39 is 8.25 Å². The molecule has 0 rings (SSSR count). The molecule has 0 aliphatic heterocycles. The summed E-state index contributed by atoms with van der Waals surface area (Å²) in [4.78, 5) is 14.2. The second kappa shape index (κ2) is 16.5. The molecule has 0 unspecified atom stereocenters. The molecule has 0 spiro atoms. The van der Waals surface area contributed by atoms with Crippen LogP contribution in [-0.2, 0) is 4.57 Å². The zero-order valence-electron chi connectivity index (χ0n) is 5.77. The SMILES string of the molecule is N[CH-]CCO.O=[P+](O)O.[Na+]. The average molecular weight is 178 g/mol. The second-order valence-electron chi connectivity index (χ2n) is 1.00. The van der Waals surface area contributed by atoms with E-state index in [-0.39, 0.29) is 36.2 Å². The number of hydrogen-bond acceptors (Lipinski definition) is 3. The Kier molecular flexibility index (Phi) is 28.3. The fourth-order valence-electron chi connectivity index (χ4n) is 0.0745. The molecule has 0 aromatic carbocycles. The Bertz CT molecular complexity index is 67.5. The van der Waals surface area contributed by atoms with Crippen LogP contribution in [0, 0.1) is 6.54 Å². The van der Waals surface area contributed by atoms with E-state index in [9.17, 15) is 0 Å². The standard InChI is InChI=1S/C3H8NO.Na.HO3P/c4-2-1-3-5;;1-4(2)3/h2,5H,1,3-4H2;;(H-,1,2,3)/q-1;+1;/p+1. The predicted octanol–water partition coefficient (Wildman–Crippen LogP) is -3.88. The third-order valence-corrected chi connectivity index (χ3v) is 0.296. The van der Waals surface area contributed by atoms with E-state index in [1.54, 1.807) is 0 Å². The van der Waals surface area contributed by atoms with E-state index in [0.29, 0.717) is 6.42 Å². The van der Waals surface area contributed by atoms with Crippen LogP contribution < -0.4 is 35.3 Å². The van der Waals surface area contributed by atoms with E-state index in [1.165, 1.54) is 6.54 Å². The van der Waals surface area contributed by atoms with E-state index in [0.717, 1.165) is 0 Å². The molecule has 0 atom stereocenters. The Morgan fingerprint density at radius 2 is 1.80 bits per heavy atom. The van der Waals surface area contributed by atoms with Gasteiger partial charge in [-0.3, -0.25) is 6.54 Å². The maximum absolute atomic E-state index is 8.70. The molecule has 10 heavy (non-hydrogen) atoms. The smallest absolute Gasteiger partial charge is 0.483 e. The quantitative estimate of drug-likeness (QED) is 0.197. The molecular formula is C3H10NNaO4P+. The fourth-order valence-corrected chi connectivity index (χ4v) is 0.0745. The summed E-state index contributed by atoms with van der Waals surface area (Å²) >= 11 is 0. The predicted molar refractivity (Wildman–Crippen MR) is 32.2 cm³/mol. The summed E-state index contributed by atoms with van der Waals surface area (Å²) < 4.78 is 8.70. The summed E-state index contributed by atoms with van der Waals surface area (Å²) in [5.41, 5.74) is 4.85. The van der Waals surface area contributed by atoms with Crippen molar-refractivity contribution in [1.82, 2.24) is 0 Å². The van der Waals surface area contributed by atoms with Crippen LogP contribution in [0.5, 0.6) is 0 Å². The Balaban J connectivity index is -0.0000000910. The molecule has 5 N–H and O–H groups in total. The molecule has 0 aromatic rings. The largest absolute Gasteiger partial charge is 1.00 e. The number of aliphatic hydroxyl groups excluding tert-OH is 1. The molecular weight excluding hydrogens is 168 g/mol. The third-order valence-electron chi connectivity index (χ3n) is 0.296. The summed E-state index contributed by atoms with van der Waals surface area (Å²) in [5.74, 6) is 0. The zero-order chi connectivity index (χ0) is 7.70. The first-order chi connectivity index (χ1) is 4.15. The molecule has 0 fully saturated rings. The van der Waals surface area contributed by atoms with Crippen molar-refractivity contribution in [1.29, 1.82) is 0 Å². The molecule has 5 nitrogen and oxygen atoms in total. The van der Waals surface area contributed by atoms with Gasteiger partial charge in [0.25, 0.3) is 0 Å². The molecule has 0 aromatic heterocycles. The van der Waals surface area contributed by atoms with Crippen LogP contribution in [0.15, 0.2) is 0 Å². The van der Waals surface area contributed by atoms with Crippen molar-refractivity contribution in [3.8, 4) is 0 Å². The molecule has 0 bridgehead atoms. The molecule has 56 valence electrons. The van der Waals surface area contributed by atoms with Crippen LogP contribution in [0.4, 0.5) is 0 Å². The maximum atomic E-state index is 8.70. The van der Waals surface area contributed by atoms with Crippen molar-refractivity contribution in [2.45, 2.75) is 6.42 Å². The summed E-state index contributed by atoms with van der Waals surface area (Å²) in [5, 5.41) is 7.96. The monoisotopic (exact) mass is 178 g/mol. The van der Waals surface area contributed by atoms with E-state index in [4.69, 9.17) is 25.2 Å². The van der Waals surface area contributed by atoms with Gasteiger partial charge >= 0.3 is 37.8 Å². The number of hydrogen-bond donors (Lipinski definition) is 4. The topological polar surface area (TPSA) is 104 Å². The van der Waals surface area contributed by atoms with Gasteiger partial charge in [-0.2, -0.15) is 0 Å².